The highest BCUT2D eigenvalue weighted by Crippen LogP contribution is 2.24. The molecule has 0 aliphatic rings. The molecular weight excluding hydrogens is 371 g/mol. The largest absolute Gasteiger partial charge is 0.573 e. The number of alkyl halides is 3. The van der Waals surface area contributed by atoms with Crippen molar-refractivity contribution in [3.63, 3.8) is 0 Å². The molecule has 1 amide bonds. The predicted octanol–water partition coefficient (Wildman–Crippen LogP) is 5.42. The summed E-state index contributed by atoms with van der Waals surface area (Å²) in [6.07, 6.45) is -4.75. The van der Waals surface area contributed by atoms with Crippen LogP contribution in [0, 0.1) is 0 Å². The third-order valence-corrected chi connectivity index (χ3v) is 3.71. The summed E-state index contributed by atoms with van der Waals surface area (Å²) in [7, 11) is 0. The monoisotopic (exact) mass is 387 g/mol. The first-order chi connectivity index (χ1) is 13.4. The second kappa shape index (κ2) is 8.47. The van der Waals surface area contributed by atoms with Crippen LogP contribution >= 0.6 is 0 Å². The van der Waals surface area contributed by atoms with Crippen LogP contribution in [-0.2, 0) is 6.61 Å². The number of ether oxygens (including phenoxy) is 2. The number of halogens is 3. The van der Waals surface area contributed by atoms with Crippen molar-refractivity contribution in [2.24, 2.45) is 0 Å². The molecule has 0 saturated heterocycles. The Bertz CT molecular complexity index is 908. The molecule has 0 spiro atoms. The van der Waals surface area contributed by atoms with Crippen molar-refractivity contribution >= 4 is 11.6 Å². The molecule has 0 aliphatic heterocycles. The van der Waals surface area contributed by atoms with E-state index in [2.05, 4.69) is 10.1 Å². The van der Waals surface area contributed by atoms with E-state index in [9.17, 15) is 18.0 Å². The number of anilines is 1. The molecule has 3 aromatic rings. The molecule has 0 bridgehead atoms. The van der Waals surface area contributed by atoms with Gasteiger partial charge in [0.05, 0.1) is 0 Å². The number of carbonyl (C=O) groups excluding carboxylic acids is 1. The molecule has 0 heterocycles. The van der Waals surface area contributed by atoms with E-state index in [0.717, 1.165) is 17.7 Å². The van der Waals surface area contributed by atoms with Gasteiger partial charge < -0.3 is 14.8 Å². The Balaban J connectivity index is 1.55. The summed E-state index contributed by atoms with van der Waals surface area (Å²) in [6, 6.07) is 21.2. The van der Waals surface area contributed by atoms with Crippen LogP contribution < -0.4 is 14.8 Å². The quantitative estimate of drug-likeness (QED) is 0.615. The summed E-state index contributed by atoms with van der Waals surface area (Å²) in [5, 5.41) is 2.61. The Morgan fingerprint density at radius 3 is 2.04 bits per heavy atom. The first-order valence-electron chi connectivity index (χ1n) is 8.33. The van der Waals surface area contributed by atoms with Crippen molar-refractivity contribution in [1.82, 2.24) is 0 Å². The molecule has 3 rings (SSSR count). The maximum atomic E-state index is 12.3. The average molecular weight is 387 g/mol. The summed E-state index contributed by atoms with van der Waals surface area (Å²) in [5.74, 6) is -0.126. The minimum Gasteiger partial charge on any atom is -0.489 e. The maximum absolute atomic E-state index is 12.3. The van der Waals surface area contributed by atoms with Crippen molar-refractivity contribution in [2.45, 2.75) is 13.0 Å². The number of carbonyl (C=O) groups is 1. The summed E-state index contributed by atoms with van der Waals surface area (Å²) in [5.41, 5.74) is 1.77. The lowest BCUT2D eigenvalue weighted by molar-refractivity contribution is -0.274. The molecule has 3 aromatic carbocycles. The van der Waals surface area contributed by atoms with Gasteiger partial charge in [0, 0.05) is 11.3 Å². The van der Waals surface area contributed by atoms with Gasteiger partial charge in [-0.2, -0.15) is 0 Å². The van der Waals surface area contributed by atoms with Crippen LogP contribution in [0.15, 0.2) is 78.9 Å². The van der Waals surface area contributed by atoms with E-state index in [1.54, 1.807) is 24.3 Å². The summed E-state index contributed by atoms with van der Waals surface area (Å²) < 4.78 is 45.9. The molecule has 4 nitrogen and oxygen atoms in total. The molecule has 144 valence electrons. The lowest BCUT2D eigenvalue weighted by atomic mass is 10.2. The Morgan fingerprint density at radius 2 is 1.43 bits per heavy atom. The molecule has 0 aliphatic carbocycles. The average Bonchev–Trinajstić information content (AvgIpc) is 2.68. The zero-order valence-electron chi connectivity index (χ0n) is 14.6. The highest BCUT2D eigenvalue weighted by atomic mass is 19.4. The van der Waals surface area contributed by atoms with Gasteiger partial charge in [0.1, 0.15) is 18.1 Å². The smallest absolute Gasteiger partial charge is 0.489 e. The summed E-state index contributed by atoms with van der Waals surface area (Å²) >= 11 is 0. The summed E-state index contributed by atoms with van der Waals surface area (Å²) in [4.78, 5) is 12.3. The van der Waals surface area contributed by atoms with Gasteiger partial charge in [-0.15, -0.1) is 13.2 Å². The van der Waals surface area contributed by atoms with Gasteiger partial charge in [0.2, 0.25) is 0 Å². The molecule has 0 atom stereocenters. The fourth-order valence-electron chi connectivity index (χ4n) is 2.39. The number of benzene rings is 3. The van der Waals surface area contributed by atoms with Crippen LogP contribution in [0.5, 0.6) is 11.5 Å². The Labute approximate surface area is 159 Å². The van der Waals surface area contributed by atoms with Crippen LogP contribution in [0.3, 0.4) is 0 Å². The van der Waals surface area contributed by atoms with Gasteiger partial charge in [-0.3, -0.25) is 4.79 Å². The third-order valence-electron chi connectivity index (χ3n) is 3.71. The lowest BCUT2D eigenvalue weighted by Gasteiger charge is -2.10. The van der Waals surface area contributed by atoms with Crippen LogP contribution in [0.25, 0.3) is 0 Å². The fourth-order valence-corrected chi connectivity index (χ4v) is 2.39. The van der Waals surface area contributed by atoms with Crippen LogP contribution in [0.1, 0.15) is 15.9 Å². The topological polar surface area (TPSA) is 47.6 Å². The highest BCUT2D eigenvalue weighted by molar-refractivity contribution is 6.04. The van der Waals surface area contributed by atoms with Gasteiger partial charge in [-0.1, -0.05) is 30.3 Å². The van der Waals surface area contributed by atoms with Gasteiger partial charge in [0.15, 0.2) is 0 Å². The number of amides is 1. The van der Waals surface area contributed by atoms with Crippen molar-refractivity contribution < 1.29 is 27.4 Å². The minimum atomic E-state index is -4.75. The molecule has 0 aromatic heterocycles. The first kappa shape index (κ1) is 19.3. The van der Waals surface area contributed by atoms with Crippen LogP contribution in [0.4, 0.5) is 18.9 Å². The van der Waals surface area contributed by atoms with Gasteiger partial charge in [0.25, 0.3) is 5.91 Å². The molecule has 0 fully saturated rings. The Kier molecular flexibility index (Phi) is 5.84. The molecule has 7 heteroatoms. The lowest BCUT2D eigenvalue weighted by Crippen LogP contribution is -2.17. The number of rotatable bonds is 6. The second-order valence-electron chi connectivity index (χ2n) is 5.82. The number of nitrogens with one attached hydrogen (secondary N) is 1. The van der Waals surface area contributed by atoms with E-state index in [1.165, 1.54) is 12.1 Å². The van der Waals surface area contributed by atoms with E-state index in [-0.39, 0.29) is 11.7 Å². The Morgan fingerprint density at radius 1 is 0.821 bits per heavy atom. The van der Waals surface area contributed by atoms with Gasteiger partial charge >= 0.3 is 6.36 Å². The molecule has 0 radical (unpaired) electrons. The predicted molar refractivity (Wildman–Crippen MR) is 98.3 cm³/mol. The number of hydrogen-bond donors (Lipinski definition) is 1. The zero-order chi connectivity index (χ0) is 20.0. The van der Waals surface area contributed by atoms with E-state index in [0.29, 0.717) is 23.6 Å². The molecule has 1 N–H and O–H groups in total. The second-order valence-corrected chi connectivity index (χ2v) is 5.82. The van der Waals surface area contributed by atoms with Crippen molar-refractivity contribution in [2.75, 3.05) is 5.32 Å². The SMILES string of the molecule is O=C(Nc1ccc(OC(F)(F)F)cc1)c1ccc(OCc2ccccc2)cc1. The van der Waals surface area contributed by atoms with Crippen molar-refractivity contribution in [3.8, 4) is 11.5 Å². The first-order valence-corrected chi connectivity index (χ1v) is 8.33. The number of hydrogen-bond acceptors (Lipinski definition) is 3. The molecule has 28 heavy (non-hydrogen) atoms. The molecule has 0 saturated carbocycles. The van der Waals surface area contributed by atoms with E-state index in [4.69, 9.17) is 4.74 Å². The van der Waals surface area contributed by atoms with E-state index >= 15 is 0 Å². The van der Waals surface area contributed by atoms with Crippen molar-refractivity contribution in [3.05, 3.63) is 90.0 Å². The van der Waals surface area contributed by atoms with Crippen molar-refractivity contribution in [1.29, 1.82) is 0 Å². The summed E-state index contributed by atoms with van der Waals surface area (Å²) in [6.45, 7) is 0.415. The third kappa shape index (κ3) is 5.77. The standard InChI is InChI=1S/C21H16F3NO3/c22-21(23,24)28-19-12-8-17(9-13-19)25-20(26)16-6-10-18(11-7-16)27-14-15-4-2-1-3-5-15/h1-13H,14H2,(H,25,26). The normalized spacial score (nSPS) is 11.0. The van der Waals surface area contributed by atoms with Gasteiger partial charge in [-0.05, 0) is 54.1 Å². The molecule has 0 unspecified atom stereocenters. The zero-order valence-corrected chi connectivity index (χ0v) is 14.6. The van der Waals surface area contributed by atoms with E-state index in [1.807, 2.05) is 30.3 Å². The molecular formula is C21H16F3NO3. The van der Waals surface area contributed by atoms with E-state index < -0.39 is 6.36 Å². The van der Waals surface area contributed by atoms with Crippen LogP contribution in [-0.4, -0.2) is 12.3 Å². The van der Waals surface area contributed by atoms with Crippen LogP contribution in [0.2, 0.25) is 0 Å². The Hall–Kier alpha value is -3.48. The maximum Gasteiger partial charge on any atom is 0.573 e. The minimum absolute atomic E-state index is 0.351. The highest BCUT2D eigenvalue weighted by Gasteiger charge is 2.30. The van der Waals surface area contributed by atoms with Gasteiger partial charge in [-0.25, -0.2) is 0 Å². The fraction of sp³-hybridized carbons (Fsp3) is 0.0952.